The summed E-state index contributed by atoms with van der Waals surface area (Å²) in [6, 6.07) is 1.82. The molecule has 0 amide bonds. The van der Waals surface area contributed by atoms with Crippen molar-refractivity contribution < 1.29 is 9.53 Å². The predicted octanol–water partition coefficient (Wildman–Crippen LogP) is 3.12. The van der Waals surface area contributed by atoms with Crippen LogP contribution < -0.4 is 0 Å². The minimum absolute atomic E-state index is 0.0457. The Labute approximate surface area is 90.0 Å². The SMILES string of the molecule is CC(C)OCC(=O)c1cc(Br)cs1. The second kappa shape index (κ2) is 4.88. The molecule has 0 aliphatic heterocycles. The van der Waals surface area contributed by atoms with Crippen molar-refractivity contribution in [3.63, 3.8) is 0 Å². The Morgan fingerprint density at radius 1 is 1.69 bits per heavy atom. The normalized spacial score (nSPS) is 10.8. The van der Waals surface area contributed by atoms with E-state index in [1.165, 1.54) is 11.3 Å². The van der Waals surface area contributed by atoms with Gasteiger partial charge >= 0.3 is 0 Å². The summed E-state index contributed by atoms with van der Waals surface area (Å²) >= 11 is 4.73. The third-order valence-electron chi connectivity index (χ3n) is 1.39. The number of thiophene rings is 1. The van der Waals surface area contributed by atoms with Crippen LogP contribution in [0.4, 0.5) is 0 Å². The van der Waals surface area contributed by atoms with E-state index in [1.807, 2.05) is 25.3 Å². The fraction of sp³-hybridized carbons (Fsp3) is 0.444. The summed E-state index contributed by atoms with van der Waals surface area (Å²) in [4.78, 5) is 12.2. The molecule has 0 saturated carbocycles. The molecule has 0 aromatic carbocycles. The molecule has 4 heteroatoms. The molecule has 0 saturated heterocycles. The number of ether oxygens (including phenoxy) is 1. The summed E-state index contributed by atoms with van der Waals surface area (Å²) in [7, 11) is 0. The lowest BCUT2D eigenvalue weighted by molar-refractivity contribution is 0.0588. The Bertz CT molecular complexity index is 294. The summed E-state index contributed by atoms with van der Waals surface area (Å²) in [6.45, 7) is 4.00. The molecule has 2 nitrogen and oxygen atoms in total. The van der Waals surface area contributed by atoms with Crippen molar-refractivity contribution in [2.75, 3.05) is 6.61 Å². The molecule has 13 heavy (non-hydrogen) atoms. The standard InChI is InChI=1S/C9H11BrO2S/c1-6(2)12-4-8(11)9-3-7(10)5-13-9/h3,5-6H,4H2,1-2H3. The van der Waals surface area contributed by atoms with Gasteiger partial charge in [-0.2, -0.15) is 0 Å². The zero-order valence-electron chi connectivity index (χ0n) is 7.54. The zero-order valence-corrected chi connectivity index (χ0v) is 9.94. The van der Waals surface area contributed by atoms with Gasteiger partial charge in [-0.05, 0) is 35.8 Å². The molecule has 1 heterocycles. The molecule has 0 bridgehead atoms. The molecule has 1 aromatic heterocycles. The second-order valence-corrected chi connectivity index (χ2v) is 4.74. The number of hydrogen-bond donors (Lipinski definition) is 0. The number of hydrogen-bond acceptors (Lipinski definition) is 3. The molecule has 1 aromatic rings. The van der Waals surface area contributed by atoms with Crippen molar-refractivity contribution in [3.05, 3.63) is 20.8 Å². The lowest BCUT2D eigenvalue weighted by Crippen LogP contribution is -2.12. The van der Waals surface area contributed by atoms with Gasteiger partial charge in [0, 0.05) is 9.85 Å². The van der Waals surface area contributed by atoms with Gasteiger partial charge in [-0.25, -0.2) is 0 Å². The molecule has 0 aliphatic rings. The Balaban J connectivity index is 2.49. The number of Topliss-reactive ketones (excluding diaryl/α,β-unsaturated/α-hetero) is 1. The largest absolute Gasteiger partial charge is 0.371 e. The fourth-order valence-corrected chi connectivity index (χ4v) is 2.13. The monoisotopic (exact) mass is 262 g/mol. The van der Waals surface area contributed by atoms with Gasteiger partial charge in [0.2, 0.25) is 0 Å². The van der Waals surface area contributed by atoms with Crippen LogP contribution >= 0.6 is 27.3 Å². The van der Waals surface area contributed by atoms with E-state index in [0.717, 1.165) is 9.35 Å². The summed E-state index contributed by atoms with van der Waals surface area (Å²) in [5.74, 6) is 0.0457. The highest BCUT2D eigenvalue weighted by atomic mass is 79.9. The van der Waals surface area contributed by atoms with Crippen LogP contribution in [-0.4, -0.2) is 18.5 Å². The van der Waals surface area contributed by atoms with Crippen LogP contribution in [-0.2, 0) is 4.74 Å². The van der Waals surface area contributed by atoms with Crippen LogP contribution in [0, 0.1) is 0 Å². The Hall–Kier alpha value is -0.190. The molecule has 0 radical (unpaired) electrons. The van der Waals surface area contributed by atoms with Crippen molar-refractivity contribution in [1.82, 2.24) is 0 Å². The highest BCUT2D eigenvalue weighted by Gasteiger charge is 2.09. The van der Waals surface area contributed by atoms with Gasteiger partial charge in [-0.15, -0.1) is 11.3 Å². The number of carbonyl (C=O) groups is 1. The lowest BCUT2D eigenvalue weighted by Gasteiger charge is -2.04. The number of rotatable bonds is 4. The molecule has 0 N–H and O–H groups in total. The van der Waals surface area contributed by atoms with Crippen molar-refractivity contribution in [1.29, 1.82) is 0 Å². The first-order valence-electron chi connectivity index (χ1n) is 3.98. The average Bonchev–Trinajstić information content (AvgIpc) is 2.47. The second-order valence-electron chi connectivity index (χ2n) is 2.91. The maximum absolute atomic E-state index is 11.4. The minimum Gasteiger partial charge on any atom is -0.371 e. The predicted molar refractivity (Wildman–Crippen MR) is 57.4 cm³/mol. The maximum atomic E-state index is 11.4. The van der Waals surface area contributed by atoms with Gasteiger partial charge in [-0.3, -0.25) is 4.79 Å². The number of ketones is 1. The van der Waals surface area contributed by atoms with Gasteiger partial charge in [0.15, 0.2) is 5.78 Å². The molecule has 0 atom stereocenters. The lowest BCUT2D eigenvalue weighted by atomic mass is 10.3. The van der Waals surface area contributed by atoms with Crippen LogP contribution in [0.15, 0.2) is 15.9 Å². The van der Waals surface area contributed by atoms with Crippen LogP contribution in [0.2, 0.25) is 0 Å². The summed E-state index contributed by atoms with van der Waals surface area (Å²) in [5, 5.41) is 1.89. The molecule has 72 valence electrons. The van der Waals surface area contributed by atoms with Gasteiger partial charge in [0.25, 0.3) is 0 Å². The topological polar surface area (TPSA) is 26.3 Å². The van der Waals surface area contributed by atoms with E-state index in [-0.39, 0.29) is 18.5 Å². The maximum Gasteiger partial charge on any atom is 0.198 e. The van der Waals surface area contributed by atoms with E-state index in [0.29, 0.717) is 0 Å². The quantitative estimate of drug-likeness (QED) is 0.780. The first-order chi connectivity index (χ1) is 6.09. The molecule has 1 rings (SSSR count). The average molecular weight is 263 g/mol. The Morgan fingerprint density at radius 2 is 2.38 bits per heavy atom. The van der Waals surface area contributed by atoms with Gasteiger partial charge < -0.3 is 4.74 Å². The van der Waals surface area contributed by atoms with Crippen molar-refractivity contribution >= 4 is 33.0 Å². The first-order valence-corrected chi connectivity index (χ1v) is 5.65. The van der Waals surface area contributed by atoms with E-state index in [4.69, 9.17) is 4.74 Å². The minimum atomic E-state index is 0.0457. The van der Waals surface area contributed by atoms with Crippen molar-refractivity contribution in [3.8, 4) is 0 Å². The van der Waals surface area contributed by atoms with E-state index in [1.54, 1.807) is 0 Å². The van der Waals surface area contributed by atoms with Crippen LogP contribution in [0.5, 0.6) is 0 Å². The fourth-order valence-electron chi connectivity index (χ4n) is 0.773. The third-order valence-corrected chi connectivity index (χ3v) is 3.12. The van der Waals surface area contributed by atoms with Crippen molar-refractivity contribution in [2.24, 2.45) is 0 Å². The van der Waals surface area contributed by atoms with Crippen molar-refractivity contribution in [2.45, 2.75) is 20.0 Å². The van der Waals surface area contributed by atoms with Crippen LogP contribution in [0.3, 0.4) is 0 Å². The summed E-state index contributed by atoms with van der Waals surface area (Å²) in [5.41, 5.74) is 0. The highest BCUT2D eigenvalue weighted by molar-refractivity contribution is 9.10. The zero-order chi connectivity index (χ0) is 9.84. The first kappa shape index (κ1) is 10.9. The summed E-state index contributed by atoms with van der Waals surface area (Å²) in [6.07, 6.45) is 0.104. The third kappa shape index (κ3) is 3.58. The molecule has 0 aliphatic carbocycles. The van der Waals surface area contributed by atoms with E-state index in [9.17, 15) is 4.79 Å². The van der Waals surface area contributed by atoms with Crippen LogP contribution in [0.1, 0.15) is 23.5 Å². The Morgan fingerprint density at radius 3 is 2.85 bits per heavy atom. The summed E-state index contributed by atoms with van der Waals surface area (Å²) < 4.78 is 6.16. The van der Waals surface area contributed by atoms with E-state index < -0.39 is 0 Å². The van der Waals surface area contributed by atoms with E-state index in [2.05, 4.69) is 15.9 Å². The van der Waals surface area contributed by atoms with E-state index >= 15 is 0 Å². The molecule has 0 spiro atoms. The highest BCUT2D eigenvalue weighted by Crippen LogP contribution is 2.20. The molecule has 0 unspecified atom stereocenters. The van der Waals surface area contributed by atoms with Gasteiger partial charge in [0.05, 0.1) is 11.0 Å². The van der Waals surface area contributed by atoms with Crippen LogP contribution in [0.25, 0.3) is 0 Å². The smallest absolute Gasteiger partial charge is 0.198 e. The van der Waals surface area contributed by atoms with Gasteiger partial charge in [-0.1, -0.05) is 0 Å². The number of halogens is 1. The molecule has 0 fully saturated rings. The molecular formula is C9H11BrO2S. The number of carbonyl (C=O) groups excluding carboxylic acids is 1. The van der Waals surface area contributed by atoms with Gasteiger partial charge in [0.1, 0.15) is 6.61 Å². The molecular weight excluding hydrogens is 252 g/mol. The Kier molecular flexibility index (Phi) is 4.09.